The van der Waals surface area contributed by atoms with E-state index < -0.39 is 23.2 Å². The molecule has 0 aliphatic heterocycles. The monoisotopic (exact) mass is 365 g/mol. The summed E-state index contributed by atoms with van der Waals surface area (Å²) < 4.78 is 0. The average Bonchev–Trinajstić information content (AvgIpc) is 2.86. The average molecular weight is 365 g/mol. The second kappa shape index (κ2) is 5.87. The van der Waals surface area contributed by atoms with Crippen LogP contribution in [0.2, 0.25) is 0 Å². The van der Waals surface area contributed by atoms with Gasteiger partial charge in [-0.3, -0.25) is 4.79 Å². The van der Waals surface area contributed by atoms with Crippen LogP contribution in [0.25, 0.3) is 0 Å². The van der Waals surface area contributed by atoms with Gasteiger partial charge in [-0.2, -0.15) is 0 Å². The molecule has 4 aliphatic carbocycles. The van der Waals surface area contributed by atoms with Gasteiger partial charge in [-0.1, -0.05) is 19.4 Å². The SMILES string of the molecule is C[C@]12CCC(=O)C=C1CC[C@@H]1[C@@H]2[C@@H](O)C[C@@]2(C)[C@H]1CC[C@]2(O)C([OH2+])CO. The zero-order chi connectivity index (χ0) is 18.9. The molecule has 5 N–H and O–H groups in total. The first-order chi connectivity index (χ1) is 12.2. The van der Waals surface area contributed by atoms with Crippen LogP contribution < -0.4 is 0 Å². The second-order valence-electron chi connectivity index (χ2n) is 9.78. The van der Waals surface area contributed by atoms with Gasteiger partial charge in [0.05, 0.1) is 6.10 Å². The Morgan fingerprint density at radius 2 is 2.00 bits per heavy atom. The van der Waals surface area contributed by atoms with Gasteiger partial charge in [0.15, 0.2) is 5.78 Å². The molecule has 0 radical (unpaired) electrons. The van der Waals surface area contributed by atoms with Crippen LogP contribution in [0.15, 0.2) is 11.6 Å². The standard InChI is InChI=1S/C21H32O5/c1-19-7-5-13(23)9-12(19)3-4-14-15-6-8-21(26,17(25)11-22)20(15,2)10-16(24)18(14)19/h9,14-18,22,24-26H,3-8,10-11H2,1-2H3/p+1/t14-,15-,16-,17?,18+,19-,20-,21-/m0/s1. The summed E-state index contributed by atoms with van der Waals surface area (Å²) in [5.41, 5.74) is -0.696. The van der Waals surface area contributed by atoms with Crippen molar-refractivity contribution in [3.05, 3.63) is 11.6 Å². The highest BCUT2D eigenvalue weighted by Crippen LogP contribution is 2.67. The Morgan fingerprint density at radius 3 is 2.69 bits per heavy atom. The molecule has 3 fully saturated rings. The number of aliphatic hydroxyl groups is 3. The molecule has 146 valence electrons. The van der Waals surface area contributed by atoms with E-state index >= 15 is 0 Å². The summed E-state index contributed by atoms with van der Waals surface area (Å²) in [4.78, 5) is 11.9. The van der Waals surface area contributed by atoms with Crippen LogP contribution >= 0.6 is 0 Å². The summed E-state index contributed by atoms with van der Waals surface area (Å²) in [6.45, 7) is 3.89. The Balaban J connectivity index is 1.72. The van der Waals surface area contributed by atoms with Crippen molar-refractivity contribution in [2.45, 2.75) is 76.6 Å². The Morgan fingerprint density at radius 1 is 1.27 bits per heavy atom. The normalized spacial score (nSPS) is 51.9. The van der Waals surface area contributed by atoms with E-state index in [9.17, 15) is 20.1 Å². The van der Waals surface area contributed by atoms with E-state index in [-0.39, 0.29) is 29.6 Å². The van der Waals surface area contributed by atoms with Crippen molar-refractivity contribution in [1.82, 2.24) is 0 Å². The smallest absolute Gasteiger partial charge is 0.206 e. The molecule has 0 spiro atoms. The molecule has 26 heavy (non-hydrogen) atoms. The summed E-state index contributed by atoms with van der Waals surface area (Å²) >= 11 is 0. The van der Waals surface area contributed by atoms with E-state index in [0.717, 1.165) is 25.7 Å². The van der Waals surface area contributed by atoms with Crippen LogP contribution in [0, 0.1) is 28.6 Å². The number of hydrogen-bond donors (Lipinski definition) is 3. The van der Waals surface area contributed by atoms with E-state index in [1.165, 1.54) is 5.57 Å². The molecule has 1 unspecified atom stereocenters. The van der Waals surface area contributed by atoms with Crippen molar-refractivity contribution in [3.63, 3.8) is 0 Å². The number of hydrogen-bond acceptors (Lipinski definition) is 4. The van der Waals surface area contributed by atoms with Crippen LogP contribution in [-0.2, 0) is 4.79 Å². The Bertz CT molecular complexity index is 644. The Hall–Kier alpha value is -0.750. The molecule has 3 saturated carbocycles. The van der Waals surface area contributed by atoms with Crippen molar-refractivity contribution in [2.24, 2.45) is 28.6 Å². The summed E-state index contributed by atoms with van der Waals surface area (Å²) in [6.07, 6.45) is 5.41. The number of carbonyl (C=O) groups is 1. The third-order valence-corrected chi connectivity index (χ3v) is 8.87. The van der Waals surface area contributed by atoms with E-state index in [1.807, 2.05) is 13.0 Å². The summed E-state index contributed by atoms with van der Waals surface area (Å²) in [5, 5.41) is 40.3. The predicted molar refractivity (Wildman–Crippen MR) is 97.5 cm³/mol. The minimum atomic E-state index is -1.24. The molecule has 5 heteroatoms. The summed E-state index contributed by atoms with van der Waals surface area (Å²) in [7, 11) is 0. The topological polar surface area (TPSA) is 101 Å². The van der Waals surface area contributed by atoms with Crippen LogP contribution in [0.1, 0.15) is 58.8 Å². The van der Waals surface area contributed by atoms with Gasteiger partial charge < -0.3 is 20.4 Å². The van der Waals surface area contributed by atoms with Crippen LogP contribution in [0.5, 0.6) is 0 Å². The lowest BCUT2D eigenvalue weighted by atomic mass is 9.45. The van der Waals surface area contributed by atoms with Crippen LogP contribution in [0.3, 0.4) is 0 Å². The molecule has 0 aromatic heterocycles. The fraction of sp³-hybridized carbons (Fsp3) is 0.857. The number of aliphatic hydroxyl groups excluding tert-OH is 2. The number of allylic oxidation sites excluding steroid dienone is 1. The summed E-state index contributed by atoms with van der Waals surface area (Å²) in [6, 6.07) is 0. The number of carbonyl (C=O) groups excluding carboxylic acids is 1. The van der Waals surface area contributed by atoms with Gasteiger partial charge in [0.2, 0.25) is 6.10 Å². The lowest BCUT2D eigenvalue weighted by Crippen LogP contribution is -2.63. The molecule has 0 saturated heterocycles. The molecule has 0 amide bonds. The molecule has 0 aromatic carbocycles. The van der Waals surface area contributed by atoms with Crippen molar-refractivity contribution in [2.75, 3.05) is 6.61 Å². The number of fused-ring (bicyclic) bond motifs is 5. The molecule has 8 atom stereocenters. The molecule has 0 bridgehead atoms. The number of rotatable bonds is 2. The molecule has 4 rings (SSSR count). The van der Waals surface area contributed by atoms with E-state index in [4.69, 9.17) is 5.11 Å². The second-order valence-corrected chi connectivity index (χ2v) is 9.78. The molecular weight excluding hydrogens is 332 g/mol. The molecular formula is C21H33O5+. The van der Waals surface area contributed by atoms with Gasteiger partial charge >= 0.3 is 0 Å². The van der Waals surface area contributed by atoms with Crippen molar-refractivity contribution >= 4 is 5.78 Å². The fourth-order valence-electron chi connectivity index (χ4n) is 7.45. The first-order valence-electron chi connectivity index (χ1n) is 10.1. The van der Waals surface area contributed by atoms with Crippen molar-refractivity contribution in [1.29, 1.82) is 0 Å². The zero-order valence-electron chi connectivity index (χ0n) is 15.9. The molecule has 0 heterocycles. The fourth-order valence-corrected chi connectivity index (χ4v) is 7.45. The lowest BCUT2D eigenvalue weighted by molar-refractivity contribution is -0.207. The maximum Gasteiger partial charge on any atom is 0.206 e. The van der Waals surface area contributed by atoms with E-state index in [2.05, 4.69) is 6.92 Å². The Kier molecular flexibility index (Phi) is 4.20. The maximum absolute atomic E-state index is 11.9. The first kappa shape index (κ1) is 18.6. The van der Waals surface area contributed by atoms with Gasteiger partial charge in [0.25, 0.3) is 0 Å². The highest BCUT2D eigenvalue weighted by atomic mass is 16.4. The highest BCUT2D eigenvalue weighted by molar-refractivity contribution is 5.91. The zero-order valence-corrected chi connectivity index (χ0v) is 15.9. The number of ketones is 1. The largest absolute Gasteiger partial charge is 0.439 e. The molecule has 4 aliphatic rings. The molecule has 5 nitrogen and oxygen atoms in total. The van der Waals surface area contributed by atoms with Gasteiger partial charge in [-0.15, -0.1) is 0 Å². The first-order valence-corrected chi connectivity index (χ1v) is 10.1. The minimum Gasteiger partial charge on any atom is -0.439 e. The van der Waals surface area contributed by atoms with Crippen molar-refractivity contribution < 1.29 is 25.2 Å². The van der Waals surface area contributed by atoms with Gasteiger partial charge in [0, 0.05) is 11.8 Å². The van der Waals surface area contributed by atoms with Crippen LogP contribution in [-0.4, -0.2) is 50.6 Å². The minimum absolute atomic E-state index is 0.120. The third-order valence-electron chi connectivity index (χ3n) is 8.87. The van der Waals surface area contributed by atoms with E-state index in [0.29, 0.717) is 25.2 Å². The molecule has 0 aromatic rings. The Labute approximate surface area is 155 Å². The van der Waals surface area contributed by atoms with Crippen molar-refractivity contribution in [3.8, 4) is 0 Å². The quantitative estimate of drug-likeness (QED) is 0.642. The summed E-state index contributed by atoms with van der Waals surface area (Å²) in [5.74, 6) is 0.894. The van der Waals surface area contributed by atoms with Gasteiger partial charge in [-0.25, -0.2) is 0 Å². The highest BCUT2D eigenvalue weighted by Gasteiger charge is 2.69. The maximum atomic E-state index is 11.9. The lowest BCUT2D eigenvalue weighted by Gasteiger charge is -2.60. The van der Waals surface area contributed by atoms with E-state index in [1.54, 1.807) is 0 Å². The third kappa shape index (κ3) is 2.20. The van der Waals surface area contributed by atoms with Crippen LogP contribution in [0.4, 0.5) is 0 Å². The predicted octanol–water partition coefficient (Wildman–Crippen LogP) is 1.31. The van der Waals surface area contributed by atoms with Gasteiger partial charge in [-0.05, 0) is 67.8 Å². The van der Waals surface area contributed by atoms with Gasteiger partial charge in [0.1, 0.15) is 12.2 Å².